The van der Waals surface area contributed by atoms with Crippen molar-refractivity contribution in [2.75, 3.05) is 6.61 Å². The first kappa shape index (κ1) is 20.5. The Kier molecular flexibility index (Phi) is 6.75. The SMILES string of the molecule is CCC(C)c1ccc(OCCn2c(CSc3ccccc3)nc3ccccc32)cc1. The second-order valence-corrected chi connectivity index (χ2v) is 8.55. The third kappa shape index (κ3) is 4.88. The van der Waals surface area contributed by atoms with Gasteiger partial charge in [-0.3, -0.25) is 0 Å². The molecule has 3 aromatic carbocycles. The Morgan fingerprint density at radius 1 is 0.933 bits per heavy atom. The number of fused-ring (bicyclic) bond motifs is 1. The normalized spacial score (nSPS) is 12.2. The minimum absolute atomic E-state index is 0.584. The van der Waals surface area contributed by atoms with Crippen molar-refractivity contribution in [2.24, 2.45) is 0 Å². The topological polar surface area (TPSA) is 27.1 Å². The second kappa shape index (κ2) is 9.86. The number of imidazole rings is 1. The molecule has 0 radical (unpaired) electrons. The van der Waals surface area contributed by atoms with E-state index < -0.39 is 0 Å². The molecule has 0 aliphatic heterocycles. The maximum atomic E-state index is 6.06. The number of hydrogen-bond acceptors (Lipinski definition) is 3. The van der Waals surface area contributed by atoms with Crippen molar-refractivity contribution in [1.82, 2.24) is 9.55 Å². The first-order valence-electron chi connectivity index (χ1n) is 10.6. The molecular weight excluding hydrogens is 388 g/mol. The molecule has 1 heterocycles. The van der Waals surface area contributed by atoms with Crippen LogP contribution in [0.5, 0.6) is 5.75 Å². The summed E-state index contributed by atoms with van der Waals surface area (Å²) in [7, 11) is 0. The van der Waals surface area contributed by atoms with Crippen molar-refractivity contribution in [2.45, 2.75) is 43.4 Å². The number of thioether (sulfide) groups is 1. The van der Waals surface area contributed by atoms with Gasteiger partial charge >= 0.3 is 0 Å². The lowest BCUT2D eigenvalue weighted by molar-refractivity contribution is 0.298. The number of rotatable bonds is 9. The summed E-state index contributed by atoms with van der Waals surface area (Å²) in [6, 6.07) is 27.3. The average Bonchev–Trinajstić information content (AvgIpc) is 3.16. The predicted molar refractivity (Wildman–Crippen MR) is 126 cm³/mol. The van der Waals surface area contributed by atoms with E-state index in [2.05, 4.69) is 85.1 Å². The number of benzene rings is 3. The Morgan fingerprint density at radius 3 is 2.43 bits per heavy atom. The summed E-state index contributed by atoms with van der Waals surface area (Å²) in [5.41, 5.74) is 3.57. The summed E-state index contributed by atoms with van der Waals surface area (Å²) in [6.07, 6.45) is 1.15. The Morgan fingerprint density at radius 2 is 1.67 bits per heavy atom. The van der Waals surface area contributed by atoms with Gasteiger partial charge < -0.3 is 9.30 Å². The van der Waals surface area contributed by atoms with Crippen molar-refractivity contribution in [3.63, 3.8) is 0 Å². The van der Waals surface area contributed by atoms with E-state index in [4.69, 9.17) is 9.72 Å². The highest BCUT2D eigenvalue weighted by Gasteiger charge is 2.11. The molecule has 0 fully saturated rings. The highest BCUT2D eigenvalue weighted by atomic mass is 32.2. The number of hydrogen-bond donors (Lipinski definition) is 0. The molecule has 1 aromatic heterocycles. The van der Waals surface area contributed by atoms with Gasteiger partial charge in [0, 0.05) is 4.90 Å². The van der Waals surface area contributed by atoms with Crippen LogP contribution in [0.1, 0.15) is 37.6 Å². The zero-order chi connectivity index (χ0) is 20.8. The summed E-state index contributed by atoms with van der Waals surface area (Å²) in [6.45, 7) is 5.87. The molecule has 154 valence electrons. The lowest BCUT2D eigenvalue weighted by Gasteiger charge is -2.12. The zero-order valence-electron chi connectivity index (χ0n) is 17.6. The minimum Gasteiger partial charge on any atom is -0.492 e. The molecule has 4 aromatic rings. The molecule has 0 amide bonds. The second-order valence-electron chi connectivity index (χ2n) is 7.50. The molecule has 1 atom stereocenters. The van der Waals surface area contributed by atoms with Gasteiger partial charge in [0.05, 0.1) is 23.3 Å². The zero-order valence-corrected chi connectivity index (χ0v) is 18.4. The Bertz CT molecular complexity index is 1070. The smallest absolute Gasteiger partial charge is 0.120 e. The fourth-order valence-corrected chi connectivity index (χ4v) is 4.40. The van der Waals surface area contributed by atoms with Crippen LogP contribution in [0.3, 0.4) is 0 Å². The fourth-order valence-electron chi connectivity index (χ4n) is 3.53. The van der Waals surface area contributed by atoms with E-state index in [-0.39, 0.29) is 0 Å². The van der Waals surface area contributed by atoms with Gasteiger partial charge in [0.1, 0.15) is 18.2 Å². The van der Waals surface area contributed by atoms with Crippen LogP contribution in [-0.2, 0) is 12.3 Å². The number of nitrogens with zero attached hydrogens (tertiary/aromatic N) is 2. The average molecular weight is 417 g/mol. The van der Waals surface area contributed by atoms with Gasteiger partial charge in [-0.2, -0.15) is 0 Å². The Hall–Kier alpha value is -2.72. The summed E-state index contributed by atoms with van der Waals surface area (Å²) < 4.78 is 8.35. The monoisotopic (exact) mass is 416 g/mol. The van der Waals surface area contributed by atoms with Gasteiger partial charge in [0.15, 0.2) is 0 Å². The van der Waals surface area contributed by atoms with Crippen LogP contribution in [0, 0.1) is 0 Å². The van der Waals surface area contributed by atoms with Crippen LogP contribution in [0.25, 0.3) is 11.0 Å². The molecule has 1 unspecified atom stereocenters. The molecule has 4 heteroatoms. The predicted octanol–water partition coefficient (Wildman–Crippen LogP) is 6.92. The van der Waals surface area contributed by atoms with Gasteiger partial charge in [-0.15, -0.1) is 11.8 Å². The van der Waals surface area contributed by atoms with Crippen molar-refractivity contribution >= 4 is 22.8 Å². The standard InChI is InChI=1S/C26H28N2OS/c1-3-20(2)21-13-15-22(16-14-21)29-18-17-28-25-12-8-7-11-24(25)27-26(28)19-30-23-9-5-4-6-10-23/h4-16,20H,3,17-19H2,1-2H3. The molecule has 3 nitrogen and oxygen atoms in total. The van der Waals surface area contributed by atoms with Crippen molar-refractivity contribution in [3.05, 3.63) is 90.3 Å². The molecule has 30 heavy (non-hydrogen) atoms. The molecule has 0 bridgehead atoms. The van der Waals surface area contributed by atoms with E-state index >= 15 is 0 Å². The molecule has 0 saturated carbocycles. The first-order chi connectivity index (χ1) is 14.7. The van der Waals surface area contributed by atoms with E-state index in [0.717, 1.165) is 41.3 Å². The number of para-hydroxylation sites is 2. The molecule has 0 aliphatic carbocycles. The van der Waals surface area contributed by atoms with Crippen LogP contribution in [0.15, 0.2) is 83.8 Å². The Balaban J connectivity index is 1.45. The quantitative estimate of drug-likeness (QED) is 0.277. The van der Waals surface area contributed by atoms with Crippen molar-refractivity contribution < 1.29 is 4.74 Å². The van der Waals surface area contributed by atoms with E-state index in [1.54, 1.807) is 0 Å². The van der Waals surface area contributed by atoms with Crippen LogP contribution in [-0.4, -0.2) is 16.2 Å². The lowest BCUT2D eigenvalue weighted by Crippen LogP contribution is -2.11. The third-order valence-corrected chi connectivity index (χ3v) is 6.50. The van der Waals surface area contributed by atoms with E-state index in [0.29, 0.717) is 12.5 Å². The van der Waals surface area contributed by atoms with Gasteiger partial charge in [-0.25, -0.2) is 4.98 Å². The summed E-state index contributed by atoms with van der Waals surface area (Å²) in [5.74, 6) is 3.43. The van der Waals surface area contributed by atoms with Crippen molar-refractivity contribution in [1.29, 1.82) is 0 Å². The highest BCUT2D eigenvalue weighted by molar-refractivity contribution is 7.98. The van der Waals surface area contributed by atoms with Crippen LogP contribution in [0.2, 0.25) is 0 Å². The van der Waals surface area contributed by atoms with E-state index in [9.17, 15) is 0 Å². The van der Waals surface area contributed by atoms with Gasteiger partial charge in [-0.1, -0.05) is 56.3 Å². The minimum atomic E-state index is 0.584. The van der Waals surface area contributed by atoms with Crippen LogP contribution >= 0.6 is 11.8 Å². The third-order valence-electron chi connectivity index (χ3n) is 5.49. The molecule has 0 spiro atoms. The maximum Gasteiger partial charge on any atom is 0.120 e. The lowest BCUT2D eigenvalue weighted by atomic mass is 9.99. The van der Waals surface area contributed by atoms with Gasteiger partial charge in [0.25, 0.3) is 0 Å². The first-order valence-corrected chi connectivity index (χ1v) is 11.6. The van der Waals surface area contributed by atoms with Crippen molar-refractivity contribution in [3.8, 4) is 5.75 Å². The maximum absolute atomic E-state index is 6.06. The number of ether oxygens (including phenoxy) is 1. The van der Waals surface area contributed by atoms with Gasteiger partial charge in [-0.05, 0) is 54.3 Å². The molecule has 0 aliphatic rings. The van der Waals surface area contributed by atoms with E-state index in [1.165, 1.54) is 10.5 Å². The molecular formula is C26H28N2OS. The molecule has 0 saturated heterocycles. The summed E-state index contributed by atoms with van der Waals surface area (Å²) >= 11 is 1.81. The molecule has 4 rings (SSSR count). The Labute approximate surface area is 183 Å². The largest absolute Gasteiger partial charge is 0.492 e. The summed E-state index contributed by atoms with van der Waals surface area (Å²) in [5, 5.41) is 0. The summed E-state index contributed by atoms with van der Waals surface area (Å²) in [4.78, 5) is 6.14. The molecule has 0 N–H and O–H groups in total. The van der Waals surface area contributed by atoms with Crippen LogP contribution < -0.4 is 4.74 Å². The fraction of sp³-hybridized carbons (Fsp3) is 0.269. The number of aromatic nitrogens is 2. The van der Waals surface area contributed by atoms with Gasteiger partial charge in [0.2, 0.25) is 0 Å². The van der Waals surface area contributed by atoms with Crippen LogP contribution in [0.4, 0.5) is 0 Å². The van der Waals surface area contributed by atoms with E-state index in [1.807, 2.05) is 23.9 Å². The highest BCUT2D eigenvalue weighted by Crippen LogP contribution is 2.25.